The maximum absolute atomic E-state index is 13.0. The zero-order valence-corrected chi connectivity index (χ0v) is 17.8. The van der Waals surface area contributed by atoms with E-state index in [0.717, 1.165) is 49.4 Å². The maximum Gasteiger partial charge on any atom is 0.237 e. The van der Waals surface area contributed by atoms with Crippen molar-refractivity contribution in [2.24, 2.45) is 0 Å². The number of likely N-dealkylation sites (tertiary alicyclic amines) is 1. The molecule has 3 aromatic rings. The van der Waals surface area contributed by atoms with Crippen molar-refractivity contribution in [1.29, 1.82) is 0 Å². The molecule has 1 N–H and O–H groups in total. The third-order valence-electron chi connectivity index (χ3n) is 6.04. The zero-order chi connectivity index (χ0) is 20.9. The first kappa shape index (κ1) is 20.4. The van der Waals surface area contributed by atoms with Crippen LogP contribution in [0.4, 0.5) is 0 Å². The predicted octanol–water partition coefficient (Wildman–Crippen LogP) is 3.83. The molecule has 1 fully saturated rings. The highest BCUT2D eigenvalue weighted by Crippen LogP contribution is 2.21. The fraction of sp³-hybridized carbons (Fsp3) is 0.360. The first-order chi connectivity index (χ1) is 14.6. The summed E-state index contributed by atoms with van der Waals surface area (Å²) in [6.07, 6.45) is 1.99. The van der Waals surface area contributed by atoms with Gasteiger partial charge in [-0.25, -0.2) is 0 Å². The molecule has 0 radical (unpaired) electrons. The Morgan fingerprint density at radius 1 is 1.00 bits per heavy atom. The highest BCUT2D eigenvalue weighted by Gasteiger charge is 2.30. The Bertz CT molecular complexity index is 981. The molecule has 1 aromatic heterocycles. The molecule has 30 heavy (non-hydrogen) atoms. The van der Waals surface area contributed by atoms with Gasteiger partial charge in [0.1, 0.15) is 0 Å². The SMILES string of the molecule is Cc1nn(Cc2ccccc2)c(C)c1CNC(=O)C1CCCN1Cc1ccccc1. The largest absolute Gasteiger partial charge is 0.351 e. The van der Waals surface area contributed by atoms with E-state index in [0.29, 0.717) is 6.54 Å². The van der Waals surface area contributed by atoms with Gasteiger partial charge >= 0.3 is 0 Å². The van der Waals surface area contributed by atoms with Crippen molar-refractivity contribution in [3.63, 3.8) is 0 Å². The van der Waals surface area contributed by atoms with E-state index >= 15 is 0 Å². The van der Waals surface area contributed by atoms with E-state index in [-0.39, 0.29) is 11.9 Å². The fourth-order valence-electron chi connectivity index (χ4n) is 4.32. The number of aromatic nitrogens is 2. The molecule has 2 heterocycles. The molecule has 4 rings (SSSR count). The second-order valence-corrected chi connectivity index (χ2v) is 8.12. The first-order valence-electron chi connectivity index (χ1n) is 10.7. The van der Waals surface area contributed by atoms with Gasteiger partial charge < -0.3 is 5.32 Å². The number of nitrogens with zero attached hydrogens (tertiary/aromatic N) is 3. The van der Waals surface area contributed by atoms with Crippen LogP contribution in [0.1, 0.15) is 40.9 Å². The molecule has 0 spiro atoms. The molecule has 5 heteroatoms. The summed E-state index contributed by atoms with van der Waals surface area (Å²) in [6.45, 7) is 7.18. The van der Waals surface area contributed by atoms with Crippen molar-refractivity contribution in [2.45, 2.75) is 52.4 Å². The minimum absolute atomic E-state index is 0.0508. The summed E-state index contributed by atoms with van der Waals surface area (Å²) in [4.78, 5) is 15.3. The van der Waals surface area contributed by atoms with Gasteiger partial charge in [0, 0.05) is 24.3 Å². The number of hydrogen-bond acceptors (Lipinski definition) is 3. The van der Waals surface area contributed by atoms with Crippen molar-refractivity contribution in [3.05, 3.63) is 88.7 Å². The van der Waals surface area contributed by atoms with Crippen LogP contribution in [0.2, 0.25) is 0 Å². The van der Waals surface area contributed by atoms with Crippen LogP contribution in [-0.2, 0) is 24.4 Å². The van der Waals surface area contributed by atoms with Crippen LogP contribution in [0.3, 0.4) is 0 Å². The molecule has 1 aliphatic heterocycles. The average molecular weight is 403 g/mol. The summed E-state index contributed by atoms with van der Waals surface area (Å²) < 4.78 is 2.03. The summed E-state index contributed by atoms with van der Waals surface area (Å²) in [7, 11) is 0. The fourth-order valence-corrected chi connectivity index (χ4v) is 4.32. The van der Waals surface area contributed by atoms with E-state index < -0.39 is 0 Å². The predicted molar refractivity (Wildman–Crippen MR) is 119 cm³/mol. The Hall–Kier alpha value is -2.92. The highest BCUT2D eigenvalue weighted by molar-refractivity contribution is 5.82. The van der Waals surface area contributed by atoms with E-state index in [4.69, 9.17) is 5.10 Å². The Labute approximate surface area is 178 Å². The highest BCUT2D eigenvalue weighted by atomic mass is 16.2. The number of carbonyl (C=O) groups is 1. The third-order valence-corrected chi connectivity index (χ3v) is 6.04. The van der Waals surface area contributed by atoms with Gasteiger partial charge in [-0.2, -0.15) is 5.10 Å². The molecular formula is C25H30N4O. The number of rotatable bonds is 7. The minimum Gasteiger partial charge on any atom is -0.351 e. The zero-order valence-electron chi connectivity index (χ0n) is 17.8. The van der Waals surface area contributed by atoms with Gasteiger partial charge in [-0.15, -0.1) is 0 Å². The van der Waals surface area contributed by atoms with Gasteiger partial charge in [-0.1, -0.05) is 60.7 Å². The summed E-state index contributed by atoms with van der Waals surface area (Å²) in [6, 6.07) is 20.7. The molecule has 0 saturated carbocycles. The van der Waals surface area contributed by atoms with Gasteiger partial charge in [0.15, 0.2) is 0 Å². The number of benzene rings is 2. The number of amides is 1. The van der Waals surface area contributed by atoms with E-state index in [9.17, 15) is 4.79 Å². The molecule has 1 unspecified atom stereocenters. The van der Waals surface area contributed by atoms with Crippen LogP contribution in [-0.4, -0.2) is 33.2 Å². The first-order valence-corrected chi connectivity index (χ1v) is 10.7. The topological polar surface area (TPSA) is 50.2 Å². The quantitative estimate of drug-likeness (QED) is 0.653. The lowest BCUT2D eigenvalue weighted by Crippen LogP contribution is -2.42. The van der Waals surface area contributed by atoms with Crippen molar-refractivity contribution in [2.75, 3.05) is 6.54 Å². The van der Waals surface area contributed by atoms with E-state index in [1.54, 1.807) is 0 Å². The lowest BCUT2D eigenvalue weighted by Gasteiger charge is -2.23. The second kappa shape index (κ2) is 9.26. The molecule has 5 nitrogen and oxygen atoms in total. The number of aryl methyl sites for hydroxylation is 1. The standard InChI is InChI=1S/C25H30N4O/c1-19-23(20(2)29(27-19)18-22-12-7-4-8-13-22)16-26-25(30)24-14-9-15-28(24)17-21-10-5-3-6-11-21/h3-8,10-13,24H,9,14-18H2,1-2H3,(H,26,30). The molecule has 1 aliphatic rings. The Balaban J connectivity index is 1.38. The van der Waals surface area contributed by atoms with Gasteiger partial charge in [-0.05, 0) is 44.4 Å². The summed E-state index contributed by atoms with van der Waals surface area (Å²) in [5, 5.41) is 7.89. The van der Waals surface area contributed by atoms with E-state index in [1.807, 2.05) is 35.9 Å². The molecule has 2 aromatic carbocycles. The Kier molecular flexibility index (Phi) is 6.29. The maximum atomic E-state index is 13.0. The van der Waals surface area contributed by atoms with Gasteiger partial charge in [0.05, 0.1) is 18.3 Å². The lowest BCUT2D eigenvalue weighted by atomic mass is 10.1. The molecule has 1 saturated heterocycles. The molecule has 0 aliphatic carbocycles. The van der Waals surface area contributed by atoms with Crippen molar-refractivity contribution in [3.8, 4) is 0 Å². The summed E-state index contributed by atoms with van der Waals surface area (Å²) >= 11 is 0. The van der Waals surface area contributed by atoms with E-state index in [1.165, 1.54) is 11.1 Å². The second-order valence-electron chi connectivity index (χ2n) is 8.12. The average Bonchev–Trinajstić information content (AvgIpc) is 3.32. The normalized spacial score (nSPS) is 16.7. The van der Waals surface area contributed by atoms with Crippen LogP contribution in [0.15, 0.2) is 60.7 Å². The monoisotopic (exact) mass is 402 g/mol. The van der Waals surface area contributed by atoms with Crippen LogP contribution in [0.5, 0.6) is 0 Å². The van der Waals surface area contributed by atoms with Crippen molar-refractivity contribution in [1.82, 2.24) is 20.0 Å². The summed E-state index contributed by atoms with van der Waals surface area (Å²) in [5.74, 6) is 0.123. The Morgan fingerprint density at radius 2 is 1.63 bits per heavy atom. The van der Waals surface area contributed by atoms with Crippen molar-refractivity contribution >= 4 is 5.91 Å². The number of hydrogen-bond donors (Lipinski definition) is 1. The smallest absolute Gasteiger partial charge is 0.237 e. The van der Waals surface area contributed by atoms with Crippen LogP contribution in [0, 0.1) is 13.8 Å². The van der Waals surface area contributed by atoms with E-state index in [2.05, 4.69) is 53.5 Å². The third kappa shape index (κ3) is 4.62. The molecule has 1 amide bonds. The van der Waals surface area contributed by atoms with Crippen LogP contribution < -0.4 is 5.32 Å². The molecular weight excluding hydrogens is 372 g/mol. The number of carbonyl (C=O) groups excluding carboxylic acids is 1. The van der Waals surface area contributed by atoms with Gasteiger partial charge in [0.25, 0.3) is 0 Å². The van der Waals surface area contributed by atoms with Crippen LogP contribution >= 0.6 is 0 Å². The van der Waals surface area contributed by atoms with Crippen LogP contribution in [0.25, 0.3) is 0 Å². The molecule has 1 atom stereocenters. The number of nitrogens with one attached hydrogen (secondary N) is 1. The lowest BCUT2D eigenvalue weighted by molar-refractivity contribution is -0.125. The minimum atomic E-state index is -0.0508. The molecule has 0 bridgehead atoms. The molecule has 156 valence electrons. The Morgan fingerprint density at radius 3 is 2.30 bits per heavy atom. The van der Waals surface area contributed by atoms with Gasteiger partial charge in [0.2, 0.25) is 5.91 Å². The van der Waals surface area contributed by atoms with Gasteiger partial charge in [-0.3, -0.25) is 14.4 Å². The van der Waals surface area contributed by atoms with Crippen molar-refractivity contribution < 1.29 is 4.79 Å². The summed E-state index contributed by atoms with van der Waals surface area (Å²) in [5.41, 5.74) is 5.69.